The number of hydrogen-bond donors (Lipinski definition) is 1. The maximum absolute atomic E-state index is 12.6. The zero-order valence-corrected chi connectivity index (χ0v) is 16.0. The van der Waals surface area contributed by atoms with Crippen LogP contribution in [0.4, 0.5) is 8.78 Å². The molecule has 1 N–H and O–H groups in total. The van der Waals surface area contributed by atoms with E-state index in [4.69, 9.17) is 4.74 Å². The molecule has 7 heteroatoms. The highest BCUT2D eigenvalue weighted by atomic mass is 32.1. The largest absolute Gasteiger partial charge is 0.493 e. The molecule has 0 bridgehead atoms. The molecule has 1 aromatic heterocycles. The lowest BCUT2D eigenvalue weighted by molar-refractivity contribution is -0.0512. The molecule has 0 atom stereocenters. The van der Waals surface area contributed by atoms with Crippen molar-refractivity contribution in [3.8, 4) is 22.6 Å². The fourth-order valence-electron chi connectivity index (χ4n) is 2.80. The first-order chi connectivity index (χ1) is 13.6. The van der Waals surface area contributed by atoms with E-state index < -0.39 is 6.61 Å². The zero-order valence-electron chi connectivity index (χ0n) is 15.2. The monoisotopic (exact) mass is 403 g/mol. The van der Waals surface area contributed by atoms with Gasteiger partial charge in [0, 0.05) is 12.1 Å². The van der Waals surface area contributed by atoms with Crippen LogP contribution in [0.3, 0.4) is 0 Å². The van der Waals surface area contributed by atoms with E-state index in [2.05, 4.69) is 10.1 Å². The molecule has 0 unspecified atom stereocenters. The van der Waals surface area contributed by atoms with E-state index in [1.165, 1.54) is 24.5 Å². The number of carbonyl (C=O) groups excluding carboxylic acids is 1. The van der Waals surface area contributed by atoms with Crippen LogP contribution in [0.15, 0.2) is 60.0 Å². The lowest BCUT2D eigenvalue weighted by Crippen LogP contribution is -2.25. The first-order valence-corrected chi connectivity index (χ1v) is 9.49. The van der Waals surface area contributed by atoms with Gasteiger partial charge in [-0.1, -0.05) is 36.4 Å². The van der Waals surface area contributed by atoms with Gasteiger partial charge in [0.25, 0.3) is 5.91 Å². The van der Waals surface area contributed by atoms with Gasteiger partial charge in [-0.2, -0.15) is 8.78 Å². The lowest BCUT2D eigenvalue weighted by atomic mass is 10.1. The number of hydrogen-bond acceptors (Lipinski definition) is 4. The molecule has 28 heavy (non-hydrogen) atoms. The number of ether oxygens (including phenoxy) is 2. The van der Waals surface area contributed by atoms with Crippen LogP contribution in [0.1, 0.15) is 15.2 Å². The topological polar surface area (TPSA) is 47.6 Å². The van der Waals surface area contributed by atoms with Gasteiger partial charge in [0.15, 0.2) is 11.5 Å². The van der Waals surface area contributed by atoms with Crippen LogP contribution in [0.5, 0.6) is 11.5 Å². The van der Waals surface area contributed by atoms with Gasteiger partial charge in [0.05, 0.1) is 12.0 Å². The van der Waals surface area contributed by atoms with Crippen molar-refractivity contribution in [1.82, 2.24) is 5.32 Å². The summed E-state index contributed by atoms with van der Waals surface area (Å²) in [4.78, 5) is 13.2. The highest BCUT2D eigenvalue weighted by molar-refractivity contribution is 7.12. The second-order valence-corrected chi connectivity index (χ2v) is 6.82. The minimum Gasteiger partial charge on any atom is -0.493 e. The Labute approximate surface area is 165 Å². The van der Waals surface area contributed by atoms with E-state index >= 15 is 0 Å². The summed E-state index contributed by atoms with van der Waals surface area (Å²) in [6.45, 7) is -2.56. The van der Waals surface area contributed by atoms with Gasteiger partial charge in [-0.25, -0.2) is 0 Å². The number of alkyl halides is 2. The summed E-state index contributed by atoms with van der Waals surface area (Å²) in [7, 11) is 1.39. The van der Waals surface area contributed by atoms with Crippen LogP contribution in [-0.2, 0) is 6.42 Å². The van der Waals surface area contributed by atoms with Gasteiger partial charge < -0.3 is 14.8 Å². The smallest absolute Gasteiger partial charge is 0.387 e. The molecule has 3 rings (SSSR count). The molecule has 0 aliphatic heterocycles. The Kier molecular flexibility index (Phi) is 6.60. The number of thiophene rings is 1. The molecule has 4 nitrogen and oxygen atoms in total. The van der Waals surface area contributed by atoms with Gasteiger partial charge in [-0.05, 0) is 41.1 Å². The third kappa shape index (κ3) is 4.86. The quantitative estimate of drug-likeness (QED) is 0.576. The molecule has 0 spiro atoms. The van der Waals surface area contributed by atoms with E-state index in [-0.39, 0.29) is 17.4 Å². The van der Waals surface area contributed by atoms with Crippen molar-refractivity contribution in [1.29, 1.82) is 0 Å². The number of halogens is 2. The molecular weight excluding hydrogens is 384 g/mol. The van der Waals surface area contributed by atoms with E-state index in [1.807, 2.05) is 41.8 Å². The summed E-state index contributed by atoms with van der Waals surface area (Å²) in [6, 6.07) is 16.4. The van der Waals surface area contributed by atoms with E-state index in [9.17, 15) is 13.6 Å². The predicted molar refractivity (Wildman–Crippen MR) is 105 cm³/mol. The molecule has 0 aliphatic rings. The third-order valence-corrected chi connectivity index (χ3v) is 5.01. The summed E-state index contributed by atoms with van der Waals surface area (Å²) in [5, 5.41) is 4.77. The Hall–Kier alpha value is -2.93. The number of carbonyl (C=O) groups is 1. The zero-order chi connectivity index (χ0) is 19.9. The Morgan fingerprint density at radius 2 is 1.89 bits per heavy atom. The minimum atomic E-state index is -2.93. The maximum atomic E-state index is 12.6. The van der Waals surface area contributed by atoms with Crippen molar-refractivity contribution < 1.29 is 23.0 Å². The van der Waals surface area contributed by atoms with Crippen molar-refractivity contribution in [2.75, 3.05) is 13.7 Å². The normalized spacial score (nSPS) is 10.7. The van der Waals surface area contributed by atoms with Crippen LogP contribution in [0.2, 0.25) is 0 Å². The number of rotatable bonds is 8. The Bertz CT molecular complexity index is 928. The Morgan fingerprint density at radius 1 is 1.11 bits per heavy atom. The molecule has 2 aromatic carbocycles. The highest BCUT2D eigenvalue weighted by Crippen LogP contribution is 2.30. The third-order valence-electron chi connectivity index (χ3n) is 4.10. The number of benzene rings is 2. The van der Waals surface area contributed by atoms with Crippen LogP contribution in [0.25, 0.3) is 11.1 Å². The predicted octanol–water partition coefficient (Wildman–Crippen LogP) is 5.00. The van der Waals surface area contributed by atoms with Crippen molar-refractivity contribution in [2.45, 2.75) is 13.0 Å². The average molecular weight is 403 g/mol. The number of methoxy groups -OCH3 is 1. The van der Waals surface area contributed by atoms with Crippen LogP contribution >= 0.6 is 11.3 Å². The summed E-state index contributed by atoms with van der Waals surface area (Å²) in [5.74, 6) is 0.0524. The van der Waals surface area contributed by atoms with Gasteiger partial charge >= 0.3 is 6.61 Å². The van der Waals surface area contributed by atoms with Crippen molar-refractivity contribution in [3.05, 3.63) is 70.4 Å². The average Bonchev–Trinajstić information content (AvgIpc) is 3.18. The van der Waals surface area contributed by atoms with E-state index in [1.54, 1.807) is 12.1 Å². The summed E-state index contributed by atoms with van der Waals surface area (Å²) >= 11 is 1.38. The first-order valence-electron chi connectivity index (χ1n) is 8.61. The molecule has 146 valence electrons. The molecule has 1 amide bonds. The molecular formula is C21H19F2NO3S. The summed E-state index contributed by atoms with van der Waals surface area (Å²) in [5.41, 5.74) is 2.63. The molecule has 0 radical (unpaired) electrons. The van der Waals surface area contributed by atoms with Crippen LogP contribution in [-0.4, -0.2) is 26.2 Å². The second kappa shape index (κ2) is 9.32. The molecule has 0 aliphatic carbocycles. The van der Waals surface area contributed by atoms with Crippen molar-refractivity contribution >= 4 is 17.2 Å². The Morgan fingerprint density at radius 3 is 2.61 bits per heavy atom. The fourth-order valence-corrected chi connectivity index (χ4v) is 3.63. The van der Waals surface area contributed by atoms with Crippen LogP contribution < -0.4 is 14.8 Å². The number of amides is 1. The highest BCUT2D eigenvalue weighted by Gasteiger charge is 2.15. The van der Waals surface area contributed by atoms with E-state index in [0.717, 1.165) is 16.7 Å². The summed E-state index contributed by atoms with van der Waals surface area (Å²) < 4.78 is 34.6. The van der Waals surface area contributed by atoms with Gasteiger partial charge in [-0.3, -0.25) is 4.79 Å². The standard InChI is InChI=1S/C21H19F2NO3S/c1-26-17-8-7-14(13-18(17)27-21(22)23)9-11-24-20(25)19-16(10-12-28-19)15-5-3-2-4-6-15/h2-8,10,12-13,21H,9,11H2,1H3,(H,24,25). The maximum Gasteiger partial charge on any atom is 0.387 e. The molecule has 0 saturated heterocycles. The van der Waals surface area contributed by atoms with Crippen molar-refractivity contribution in [3.63, 3.8) is 0 Å². The van der Waals surface area contributed by atoms with Gasteiger partial charge in [0.2, 0.25) is 0 Å². The molecule has 0 saturated carbocycles. The van der Waals surface area contributed by atoms with Gasteiger partial charge in [0.1, 0.15) is 0 Å². The van der Waals surface area contributed by atoms with Gasteiger partial charge in [-0.15, -0.1) is 11.3 Å². The minimum absolute atomic E-state index is 0.0223. The molecule has 3 aromatic rings. The second-order valence-electron chi connectivity index (χ2n) is 5.90. The molecule has 0 fully saturated rings. The lowest BCUT2D eigenvalue weighted by Gasteiger charge is -2.12. The fraction of sp³-hybridized carbons (Fsp3) is 0.190. The van der Waals surface area contributed by atoms with Crippen molar-refractivity contribution in [2.24, 2.45) is 0 Å². The number of nitrogens with one attached hydrogen (secondary N) is 1. The van der Waals surface area contributed by atoms with Crippen LogP contribution in [0, 0.1) is 0 Å². The first kappa shape index (κ1) is 19.8. The Balaban J connectivity index is 1.63. The van der Waals surface area contributed by atoms with E-state index in [0.29, 0.717) is 17.8 Å². The SMILES string of the molecule is COc1ccc(CCNC(=O)c2sccc2-c2ccccc2)cc1OC(F)F. The molecule has 1 heterocycles. The summed E-state index contributed by atoms with van der Waals surface area (Å²) in [6.07, 6.45) is 0.474.